The average Bonchev–Trinajstić information content (AvgIpc) is 2.94. The van der Waals surface area contributed by atoms with Crippen LogP contribution in [-0.2, 0) is 11.3 Å². The second kappa shape index (κ2) is 6.67. The van der Waals surface area contributed by atoms with E-state index >= 15 is 0 Å². The lowest BCUT2D eigenvalue weighted by Gasteiger charge is -2.19. The fraction of sp³-hybridized carbons (Fsp3) is 0.267. The number of carbonyl (C=O) groups is 1. The van der Waals surface area contributed by atoms with Gasteiger partial charge in [0.2, 0.25) is 0 Å². The third-order valence-electron chi connectivity index (χ3n) is 3.45. The lowest BCUT2D eigenvalue weighted by molar-refractivity contribution is -0.384. The molecule has 0 aliphatic rings. The van der Waals surface area contributed by atoms with E-state index in [9.17, 15) is 14.9 Å². The van der Waals surface area contributed by atoms with E-state index in [-0.39, 0.29) is 5.69 Å². The number of thiophene rings is 1. The van der Waals surface area contributed by atoms with Crippen LogP contribution in [0, 0.1) is 10.1 Å². The smallest absolute Gasteiger partial charge is 0.320 e. The molecule has 1 N–H and O–H groups in total. The second-order valence-corrected chi connectivity index (χ2v) is 6.14. The highest BCUT2D eigenvalue weighted by Crippen LogP contribution is 2.34. The van der Waals surface area contributed by atoms with E-state index in [1.165, 1.54) is 17.4 Å². The minimum atomic E-state index is -0.877. The van der Waals surface area contributed by atoms with Gasteiger partial charge < -0.3 is 5.11 Å². The van der Waals surface area contributed by atoms with E-state index in [1.54, 1.807) is 37.1 Å². The number of hydrogen-bond acceptors (Lipinski definition) is 5. The standard InChI is InChI=1S/C15H16N2O4S/c1-10(15(18)19)16(2)9-11-7-8-14(22-11)12-5-3-4-6-13(12)17(20)21/h3-8,10H,9H2,1-2H3,(H,18,19). The second-order valence-electron chi connectivity index (χ2n) is 4.97. The number of para-hydroxylation sites is 1. The van der Waals surface area contributed by atoms with Crippen LogP contribution in [0.2, 0.25) is 0 Å². The molecule has 1 aromatic heterocycles. The Morgan fingerprint density at radius 1 is 1.36 bits per heavy atom. The predicted molar refractivity (Wildman–Crippen MR) is 85.0 cm³/mol. The van der Waals surface area contributed by atoms with Gasteiger partial charge in [0.15, 0.2) is 0 Å². The van der Waals surface area contributed by atoms with Gasteiger partial charge in [-0.2, -0.15) is 0 Å². The number of nitro groups is 1. The van der Waals surface area contributed by atoms with Crippen molar-refractivity contribution in [1.29, 1.82) is 0 Å². The molecule has 0 radical (unpaired) electrons. The lowest BCUT2D eigenvalue weighted by atomic mass is 10.1. The van der Waals surface area contributed by atoms with E-state index < -0.39 is 16.9 Å². The van der Waals surface area contributed by atoms with Crippen molar-refractivity contribution in [1.82, 2.24) is 4.90 Å². The summed E-state index contributed by atoms with van der Waals surface area (Å²) in [7, 11) is 1.74. The zero-order valence-electron chi connectivity index (χ0n) is 12.2. The first kappa shape index (κ1) is 16.1. The molecule has 22 heavy (non-hydrogen) atoms. The number of carboxylic acid groups (broad SMARTS) is 1. The van der Waals surface area contributed by atoms with Gasteiger partial charge in [0.1, 0.15) is 6.04 Å². The van der Waals surface area contributed by atoms with Crippen LogP contribution in [0.4, 0.5) is 5.69 Å². The summed E-state index contributed by atoms with van der Waals surface area (Å²) >= 11 is 1.44. The minimum absolute atomic E-state index is 0.0724. The average molecular weight is 320 g/mol. The maximum atomic E-state index is 11.1. The molecular weight excluding hydrogens is 304 g/mol. The summed E-state index contributed by atoms with van der Waals surface area (Å²) in [5, 5.41) is 20.1. The van der Waals surface area contributed by atoms with E-state index in [4.69, 9.17) is 5.11 Å². The molecule has 0 saturated heterocycles. The summed E-state index contributed by atoms with van der Waals surface area (Å²) in [5.41, 5.74) is 0.654. The van der Waals surface area contributed by atoms with Gasteiger partial charge in [-0.25, -0.2) is 0 Å². The molecule has 0 saturated carbocycles. The van der Waals surface area contributed by atoms with Gasteiger partial charge in [-0.05, 0) is 32.2 Å². The molecule has 0 fully saturated rings. The van der Waals surface area contributed by atoms with Crippen LogP contribution < -0.4 is 0 Å². The van der Waals surface area contributed by atoms with Crippen LogP contribution in [0.25, 0.3) is 10.4 Å². The van der Waals surface area contributed by atoms with Crippen molar-refractivity contribution in [3.8, 4) is 10.4 Å². The van der Waals surface area contributed by atoms with Crippen LogP contribution in [0.15, 0.2) is 36.4 Å². The largest absolute Gasteiger partial charge is 0.480 e. The van der Waals surface area contributed by atoms with Crippen LogP contribution in [0.3, 0.4) is 0 Å². The Morgan fingerprint density at radius 3 is 2.68 bits per heavy atom. The van der Waals surface area contributed by atoms with Crippen LogP contribution in [0.5, 0.6) is 0 Å². The van der Waals surface area contributed by atoms with Crippen molar-refractivity contribution in [2.45, 2.75) is 19.5 Å². The third-order valence-corrected chi connectivity index (χ3v) is 4.55. The van der Waals surface area contributed by atoms with Gasteiger partial charge in [-0.3, -0.25) is 19.8 Å². The fourth-order valence-corrected chi connectivity index (χ4v) is 3.13. The first-order chi connectivity index (χ1) is 10.4. The molecule has 2 aromatic rings. The zero-order chi connectivity index (χ0) is 16.3. The summed E-state index contributed by atoms with van der Waals surface area (Å²) in [4.78, 5) is 25.1. The van der Waals surface area contributed by atoms with Crippen LogP contribution in [-0.4, -0.2) is 34.0 Å². The van der Waals surface area contributed by atoms with Crippen molar-refractivity contribution >= 4 is 23.0 Å². The Balaban J connectivity index is 2.22. The molecule has 0 amide bonds. The summed E-state index contributed by atoms with van der Waals surface area (Å²) < 4.78 is 0. The molecule has 1 unspecified atom stereocenters. The van der Waals surface area contributed by atoms with Crippen molar-refractivity contribution in [3.63, 3.8) is 0 Å². The molecule has 2 rings (SSSR count). The zero-order valence-corrected chi connectivity index (χ0v) is 13.0. The Hall–Kier alpha value is -2.25. The minimum Gasteiger partial charge on any atom is -0.480 e. The Labute approximate surface area is 131 Å². The fourth-order valence-electron chi connectivity index (χ4n) is 2.02. The van der Waals surface area contributed by atoms with Crippen LogP contribution in [0.1, 0.15) is 11.8 Å². The van der Waals surface area contributed by atoms with Crippen molar-refractivity contribution in [2.24, 2.45) is 0 Å². The van der Waals surface area contributed by atoms with E-state index in [1.807, 2.05) is 12.1 Å². The first-order valence-electron chi connectivity index (χ1n) is 6.65. The molecule has 7 heteroatoms. The maximum absolute atomic E-state index is 11.1. The number of rotatable bonds is 6. The number of likely N-dealkylation sites (N-methyl/N-ethyl adjacent to an activating group) is 1. The lowest BCUT2D eigenvalue weighted by Crippen LogP contribution is -2.34. The molecular formula is C15H16N2O4S. The predicted octanol–water partition coefficient (Wildman–Crippen LogP) is 3.23. The van der Waals surface area contributed by atoms with Gasteiger partial charge in [-0.15, -0.1) is 11.3 Å². The normalized spacial score (nSPS) is 12.3. The number of carboxylic acids is 1. The van der Waals surface area contributed by atoms with Crippen molar-refractivity contribution in [3.05, 3.63) is 51.4 Å². The summed E-state index contributed by atoms with van der Waals surface area (Å²) in [6.07, 6.45) is 0. The van der Waals surface area contributed by atoms with E-state index in [0.29, 0.717) is 12.1 Å². The summed E-state index contributed by atoms with van der Waals surface area (Å²) in [6.45, 7) is 2.11. The van der Waals surface area contributed by atoms with E-state index in [2.05, 4.69) is 0 Å². The van der Waals surface area contributed by atoms with Crippen molar-refractivity contribution < 1.29 is 14.8 Å². The van der Waals surface area contributed by atoms with E-state index in [0.717, 1.165) is 9.75 Å². The van der Waals surface area contributed by atoms with Gasteiger partial charge in [0.05, 0.1) is 10.5 Å². The summed E-state index contributed by atoms with van der Waals surface area (Å²) in [6, 6.07) is 9.73. The van der Waals surface area contributed by atoms with Crippen molar-refractivity contribution in [2.75, 3.05) is 7.05 Å². The highest BCUT2D eigenvalue weighted by molar-refractivity contribution is 7.15. The van der Waals surface area contributed by atoms with Crippen LogP contribution >= 0.6 is 11.3 Å². The highest BCUT2D eigenvalue weighted by atomic mass is 32.1. The summed E-state index contributed by atoms with van der Waals surface area (Å²) in [5.74, 6) is -0.877. The molecule has 1 heterocycles. The number of benzene rings is 1. The topological polar surface area (TPSA) is 83.7 Å². The number of nitro benzene ring substituents is 1. The molecule has 6 nitrogen and oxygen atoms in total. The first-order valence-corrected chi connectivity index (χ1v) is 7.47. The monoisotopic (exact) mass is 320 g/mol. The Morgan fingerprint density at radius 2 is 2.05 bits per heavy atom. The highest BCUT2D eigenvalue weighted by Gasteiger charge is 2.19. The SMILES string of the molecule is CC(C(=O)O)N(C)Cc1ccc(-c2ccccc2[N+](=O)[O-])s1. The molecule has 1 atom stereocenters. The maximum Gasteiger partial charge on any atom is 0.320 e. The molecule has 0 spiro atoms. The van der Waals surface area contributed by atoms with Gasteiger partial charge >= 0.3 is 5.97 Å². The molecule has 0 aliphatic heterocycles. The number of aliphatic carboxylic acids is 1. The quantitative estimate of drug-likeness (QED) is 0.652. The number of nitrogens with zero attached hydrogens (tertiary/aromatic N) is 2. The third kappa shape index (κ3) is 3.49. The Bertz CT molecular complexity index is 698. The van der Waals surface area contributed by atoms with Gasteiger partial charge in [0, 0.05) is 22.4 Å². The van der Waals surface area contributed by atoms with Gasteiger partial charge in [0.25, 0.3) is 5.69 Å². The molecule has 0 bridgehead atoms. The molecule has 116 valence electrons. The molecule has 0 aliphatic carbocycles. The Kier molecular flexibility index (Phi) is 4.89. The number of hydrogen-bond donors (Lipinski definition) is 1. The molecule has 1 aromatic carbocycles. The van der Waals surface area contributed by atoms with Gasteiger partial charge in [-0.1, -0.05) is 12.1 Å².